The number of para-hydroxylation sites is 1. The quantitative estimate of drug-likeness (QED) is 0.846. The molecule has 1 fully saturated rings. The Labute approximate surface area is 144 Å². The summed E-state index contributed by atoms with van der Waals surface area (Å²) in [5, 5.41) is 0.847. The molecule has 0 aromatic heterocycles. The Kier molecular flexibility index (Phi) is 5.09. The molecule has 23 heavy (non-hydrogen) atoms. The van der Waals surface area contributed by atoms with Crippen molar-refractivity contribution in [2.75, 3.05) is 50.1 Å². The molecule has 1 aliphatic heterocycles. The number of nitrogens with zero attached hydrogens (tertiary/aromatic N) is 3. The van der Waals surface area contributed by atoms with Gasteiger partial charge in [0.05, 0.1) is 10.7 Å². The average molecular weight is 330 g/mol. The maximum atomic E-state index is 6.30. The molecule has 0 aliphatic carbocycles. The van der Waals surface area contributed by atoms with Crippen LogP contribution in [0.15, 0.2) is 48.5 Å². The van der Waals surface area contributed by atoms with E-state index in [1.54, 1.807) is 0 Å². The van der Waals surface area contributed by atoms with E-state index in [-0.39, 0.29) is 0 Å². The van der Waals surface area contributed by atoms with Crippen molar-refractivity contribution in [2.24, 2.45) is 0 Å². The predicted octanol–water partition coefficient (Wildman–Crippen LogP) is 3.73. The van der Waals surface area contributed by atoms with Gasteiger partial charge < -0.3 is 9.80 Å². The minimum Gasteiger partial charge on any atom is -0.378 e. The van der Waals surface area contributed by atoms with E-state index in [0.717, 1.165) is 43.4 Å². The maximum Gasteiger partial charge on any atom is 0.0639 e. The van der Waals surface area contributed by atoms with Crippen LogP contribution in [0.4, 0.5) is 11.4 Å². The second-order valence-electron chi connectivity index (χ2n) is 6.28. The summed E-state index contributed by atoms with van der Waals surface area (Å²) in [6.07, 6.45) is 0. The maximum absolute atomic E-state index is 6.30. The second-order valence-corrected chi connectivity index (χ2v) is 6.68. The van der Waals surface area contributed by atoms with Crippen LogP contribution in [0.5, 0.6) is 0 Å². The standard InChI is InChI=1S/C19H24ClN3/c1-21(2)17-9-7-16(8-10-17)15-22-11-13-23(14-12-22)19-6-4-3-5-18(19)20/h3-10H,11-15H2,1-2H3. The Morgan fingerprint density at radius 3 is 2.17 bits per heavy atom. The van der Waals surface area contributed by atoms with Crippen molar-refractivity contribution in [1.82, 2.24) is 4.90 Å². The molecule has 0 N–H and O–H groups in total. The molecular weight excluding hydrogens is 306 g/mol. The Hall–Kier alpha value is -1.71. The number of benzene rings is 2. The SMILES string of the molecule is CN(C)c1ccc(CN2CCN(c3ccccc3Cl)CC2)cc1. The van der Waals surface area contributed by atoms with E-state index in [1.807, 2.05) is 12.1 Å². The number of rotatable bonds is 4. The number of halogens is 1. The summed E-state index contributed by atoms with van der Waals surface area (Å²) in [6.45, 7) is 5.21. The molecule has 4 heteroatoms. The smallest absolute Gasteiger partial charge is 0.0639 e. The summed E-state index contributed by atoms with van der Waals surface area (Å²) in [6, 6.07) is 17.0. The Morgan fingerprint density at radius 2 is 1.57 bits per heavy atom. The Bertz CT molecular complexity index is 631. The van der Waals surface area contributed by atoms with Crippen LogP contribution in [-0.4, -0.2) is 45.2 Å². The lowest BCUT2D eigenvalue weighted by molar-refractivity contribution is 0.250. The van der Waals surface area contributed by atoms with Crippen LogP contribution >= 0.6 is 11.6 Å². The fourth-order valence-electron chi connectivity index (χ4n) is 3.01. The lowest BCUT2D eigenvalue weighted by Gasteiger charge is -2.36. The van der Waals surface area contributed by atoms with Crippen LogP contribution in [0.25, 0.3) is 0 Å². The van der Waals surface area contributed by atoms with Crippen molar-refractivity contribution in [2.45, 2.75) is 6.54 Å². The molecule has 2 aromatic carbocycles. The van der Waals surface area contributed by atoms with Crippen LogP contribution in [0.2, 0.25) is 5.02 Å². The van der Waals surface area contributed by atoms with E-state index in [4.69, 9.17) is 11.6 Å². The fourth-order valence-corrected chi connectivity index (χ4v) is 3.27. The van der Waals surface area contributed by atoms with Gasteiger partial charge in [0.15, 0.2) is 0 Å². The van der Waals surface area contributed by atoms with E-state index >= 15 is 0 Å². The fraction of sp³-hybridized carbons (Fsp3) is 0.368. The average Bonchev–Trinajstić information content (AvgIpc) is 2.57. The Balaban J connectivity index is 1.56. The van der Waals surface area contributed by atoms with E-state index in [9.17, 15) is 0 Å². The molecule has 1 saturated heterocycles. The van der Waals surface area contributed by atoms with E-state index in [2.05, 4.69) is 65.2 Å². The summed E-state index contributed by atoms with van der Waals surface area (Å²) in [5.41, 5.74) is 3.78. The molecule has 3 nitrogen and oxygen atoms in total. The molecule has 3 rings (SSSR count). The van der Waals surface area contributed by atoms with Crippen LogP contribution in [-0.2, 0) is 6.54 Å². The zero-order chi connectivity index (χ0) is 16.2. The van der Waals surface area contributed by atoms with Gasteiger partial charge in [-0.05, 0) is 29.8 Å². The van der Waals surface area contributed by atoms with E-state index in [0.29, 0.717) is 0 Å². The van der Waals surface area contributed by atoms with Crippen molar-refractivity contribution in [3.8, 4) is 0 Å². The highest BCUT2D eigenvalue weighted by Gasteiger charge is 2.18. The van der Waals surface area contributed by atoms with E-state index in [1.165, 1.54) is 11.3 Å². The molecule has 1 aliphatic rings. The second kappa shape index (κ2) is 7.24. The van der Waals surface area contributed by atoms with Crippen molar-refractivity contribution in [1.29, 1.82) is 0 Å². The van der Waals surface area contributed by atoms with Gasteiger partial charge in [0.1, 0.15) is 0 Å². The van der Waals surface area contributed by atoms with Crippen molar-refractivity contribution in [3.05, 3.63) is 59.1 Å². The van der Waals surface area contributed by atoms with Crippen LogP contribution < -0.4 is 9.80 Å². The van der Waals surface area contributed by atoms with Gasteiger partial charge in [-0.3, -0.25) is 4.90 Å². The molecule has 0 unspecified atom stereocenters. The first-order chi connectivity index (χ1) is 11.1. The van der Waals surface area contributed by atoms with Gasteiger partial charge in [-0.15, -0.1) is 0 Å². The highest BCUT2D eigenvalue weighted by molar-refractivity contribution is 6.33. The normalized spacial score (nSPS) is 15.7. The van der Waals surface area contributed by atoms with Crippen molar-refractivity contribution >= 4 is 23.0 Å². The van der Waals surface area contributed by atoms with Gasteiger partial charge in [-0.2, -0.15) is 0 Å². The highest BCUT2D eigenvalue weighted by Crippen LogP contribution is 2.26. The number of piperazine rings is 1. The lowest BCUT2D eigenvalue weighted by atomic mass is 10.1. The third-order valence-corrected chi connectivity index (χ3v) is 4.74. The van der Waals surface area contributed by atoms with Gasteiger partial charge in [0.2, 0.25) is 0 Å². The largest absolute Gasteiger partial charge is 0.378 e. The molecule has 0 radical (unpaired) electrons. The van der Waals surface area contributed by atoms with Crippen molar-refractivity contribution < 1.29 is 0 Å². The van der Waals surface area contributed by atoms with Gasteiger partial charge in [0, 0.05) is 52.5 Å². The van der Waals surface area contributed by atoms with Gasteiger partial charge in [-0.25, -0.2) is 0 Å². The summed E-state index contributed by atoms with van der Waals surface area (Å²) in [7, 11) is 4.14. The molecule has 0 atom stereocenters. The number of hydrogen-bond donors (Lipinski definition) is 0. The zero-order valence-electron chi connectivity index (χ0n) is 13.9. The third kappa shape index (κ3) is 3.98. The monoisotopic (exact) mass is 329 g/mol. The predicted molar refractivity (Wildman–Crippen MR) is 99.7 cm³/mol. The molecular formula is C19H24ClN3. The first-order valence-electron chi connectivity index (χ1n) is 8.11. The molecule has 2 aromatic rings. The van der Waals surface area contributed by atoms with Crippen LogP contribution in [0.3, 0.4) is 0 Å². The lowest BCUT2D eigenvalue weighted by Crippen LogP contribution is -2.46. The van der Waals surface area contributed by atoms with Crippen LogP contribution in [0.1, 0.15) is 5.56 Å². The Morgan fingerprint density at radius 1 is 0.913 bits per heavy atom. The summed E-state index contributed by atoms with van der Waals surface area (Å²) < 4.78 is 0. The summed E-state index contributed by atoms with van der Waals surface area (Å²) in [5.74, 6) is 0. The topological polar surface area (TPSA) is 9.72 Å². The first kappa shape index (κ1) is 16.2. The van der Waals surface area contributed by atoms with Gasteiger partial charge in [-0.1, -0.05) is 35.9 Å². The molecule has 122 valence electrons. The zero-order valence-corrected chi connectivity index (χ0v) is 14.6. The molecule has 0 bridgehead atoms. The molecule has 0 spiro atoms. The molecule has 0 amide bonds. The summed E-state index contributed by atoms with van der Waals surface area (Å²) >= 11 is 6.30. The van der Waals surface area contributed by atoms with Gasteiger partial charge in [0.25, 0.3) is 0 Å². The third-order valence-electron chi connectivity index (χ3n) is 4.42. The van der Waals surface area contributed by atoms with Gasteiger partial charge >= 0.3 is 0 Å². The van der Waals surface area contributed by atoms with E-state index < -0.39 is 0 Å². The number of hydrogen-bond acceptors (Lipinski definition) is 3. The van der Waals surface area contributed by atoms with Crippen molar-refractivity contribution in [3.63, 3.8) is 0 Å². The first-order valence-corrected chi connectivity index (χ1v) is 8.49. The van der Waals surface area contributed by atoms with Crippen LogP contribution in [0, 0.1) is 0 Å². The molecule has 1 heterocycles. The minimum absolute atomic E-state index is 0.847. The molecule has 0 saturated carbocycles. The number of anilines is 2. The minimum atomic E-state index is 0.847. The highest BCUT2D eigenvalue weighted by atomic mass is 35.5. The summed E-state index contributed by atoms with van der Waals surface area (Å²) in [4.78, 5) is 7.03.